The van der Waals surface area contributed by atoms with Gasteiger partial charge in [0.15, 0.2) is 0 Å². The van der Waals surface area contributed by atoms with Crippen LogP contribution in [0.25, 0.3) is 0 Å². The molecule has 1 aliphatic rings. The Morgan fingerprint density at radius 2 is 1.76 bits per heavy atom. The highest BCUT2D eigenvalue weighted by atomic mass is 19.4. The highest BCUT2D eigenvalue weighted by molar-refractivity contribution is 5.49. The SMILES string of the molecule is Cc1cc(CCN2CCN(c3cccc(C(F)(F)F)c3)CC2)c(C)[nH]1. The van der Waals surface area contributed by atoms with Gasteiger partial charge in [-0.25, -0.2) is 0 Å². The normalized spacial score (nSPS) is 16.4. The minimum Gasteiger partial charge on any atom is -0.369 e. The molecule has 2 aromatic rings. The topological polar surface area (TPSA) is 22.3 Å². The van der Waals surface area contributed by atoms with Crippen LogP contribution in [-0.4, -0.2) is 42.6 Å². The van der Waals surface area contributed by atoms with E-state index in [4.69, 9.17) is 0 Å². The number of aryl methyl sites for hydroxylation is 2. The predicted molar refractivity (Wildman–Crippen MR) is 94.1 cm³/mol. The van der Waals surface area contributed by atoms with Gasteiger partial charge in [-0.2, -0.15) is 13.2 Å². The molecule has 1 aliphatic heterocycles. The molecule has 3 nitrogen and oxygen atoms in total. The van der Waals surface area contributed by atoms with Crippen molar-refractivity contribution in [3.63, 3.8) is 0 Å². The molecule has 0 radical (unpaired) electrons. The number of alkyl halides is 3. The van der Waals surface area contributed by atoms with Gasteiger partial charge in [0, 0.05) is 49.8 Å². The number of aromatic amines is 1. The van der Waals surface area contributed by atoms with Crippen LogP contribution in [0, 0.1) is 13.8 Å². The van der Waals surface area contributed by atoms with Gasteiger partial charge in [0.2, 0.25) is 0 Å². The molecule has 25 heavy (non-hydrogen) atoms. The zero-order valence-corrected chi connectivity index (χ0v) is 14.7. The molecule has 1 fully saturated rings. The maximum Gasteiger partial charge on any atom is 0.416 e. The fourth-order valence-electron chi connectivity index (χ4n) is 3.43. The number of piperazine rings is 1. The maximum absolute atomic E-state index is 12.9. The number of hydrogen-bond acceptors (Lipinski definition) is 2. The van der Waals surface area contributed by atoms with Gasteiger partial charge in [0.25, 0.3) is 0 Å². The highest BCUT2D eigenvalue weighted by Crippen LogP contribution is 2.31. The van der Waals surface area contributed by atoms with Crippen LogP contribution in [-0.2, 0) is 12.6 Å². The standard InChI is InChI=1S/C19H24F3N3/c1-14-12-16(15(2)23-14)6-7-24-8-10-25(11-9-24)18-5-3-4-17(13-18)19(20,21)22/h3-5,12-13,23H,6-11H2,1-2H3. The fourth-order valence-corrected chi connectivity index (χ4v) is 3.43. The van der Waals surface area contributed by atoms with Crippen LogP contribution in [0.15, 0.2) is 30.3 Å². The Morgan fingerprint density at radius 3 is 2.36 bits per heavy atom. The highest BCUT2D eigenvalue weighted by Gasteiger charge is 2.31. The summed E-state index contributed by atoms with van der Waals surface area (Å²) in [5, 5.41) is 0. The number of halogens is 3. The third-order valence-corrected chi connectivity index (χ3v) is 4.87. The first-order valence-corrected chi connectivity index (χ1v) is 8.62. The fraction of sp³-hybridized carbons (Fsp3) is 0.474. The average molecular weight is 351 g/mol. The largest absolute Gasteiger partial charge is 0.416 e. The molecule has 0 amide bonds. The Bertz CT molecular complexity index is 713. The van der Waals surface area contributed by atoms with Crippen molar-refractivity contribution in [2.45, 2.75) is 26.4 Å². The van der Waals surface area contributed by atoms with E-state index in [1.165, 1.54) is 29.1 Å². The smallest absolute Gasteiger partial charge is 0.369 e. The van der Waals surface area contributed by atoms with Crippen molar-refractivity contribution >= 4 is 5.69 Å². The molecule has 6 heteroatoms. The van der Waals surface area contributed by atoms with E-state index >= 15 is 0 Å². The third-order valence-electron chi connectivity index (χ3n) is 4.87. The van der Waals surface area contributed by atoms with Crippen LogP contribution >= 0.6 is 0 Å². The number of aromatic nitrogens is 1. The Morgan fingerprint density at radius 1 is 1.04 bits per heavy atom. The van der Waals surface area contributed by atoms with Crippen LogP contribution in [0.3, 0.4) is 0 Å². The van der Waals surface area contributed by atoms with Crippen molar-refractivity contribution in [3.8, 4) is 0 Å². The molecule has 1 aromatic heterocycles. The Hall–Kier alpha value is -1.95. The van der Waals surface area contributed by atoms with Gasteiger partial charge < -0.3 is 9.88 Å². The van der Waals surface area contributed by atoms with Crippen LogP contribution in [0.5, 0.6) is 0 Å². The van der Waals surface area contributed by atoms with Gasteiger partial charge in [-0.1, -0.05) is 6.07 Å². The van der Waals surface area contributed by atoms with Crippen LogP contribution in [0.1, 0.15) is 22.5 Å². The van der Waals surface area contributed by atoms with E-state index < -0.39 is 11.7 Å². The van der Waals surface area contributed by atoms with Crippen molar-refractivity contribution in [1.82, 2.24) is 9.88 Å². The van der Waals surface area contributed by atoms with E-state index in [9.17, 15) is 13.2 Å². The van der Waals surface area contributed by atoms with Crippen molar-refractivity contribution in [2.24, 2.45) is 0 Å². The van der Waals surface area contributed by atoms with E-state index in [0.717, 1.165) is 45.2 Å². The van der Waals surface area contributed by atoms with Crippen LogP contribution in [0.2, 0.25) is 0 Å². The minimum atomic E-state index is -4.29. The average Bonchev–Trinajstić information content (AvgIpc) is 2.90. The number of hydrogen-bond donors (Lipinski definition) is 1. The van der Waals surface area contributed by atoms with Crippen molar-refractivity contribution in [1.29, 1.82) is 0 Å². The molecule has 2 heterocycles. The lowest BCUT2D eigenvalue weighted by atomic mass is 10.1. The lowest BCUT2D eigenvalue weighted by molar-refractivity contribution is -0.137. The molecule has 1 N–H and O–H groups in total. The monoisotopic (exact) mass is 351 g/mol. The van der Waals surface area contributed by atoms with E-state index in [1.807, 2.05) is 4.90 Å². The Labute approximate surface area is 146 Å². The third kappa shape index (κ3) is 4.37. The maximum atomic E-state index is 12.9. The number of nitrogens with one attached hydrogen (secondary N) is 1. The Kier molecular flexibility index (Phi) is 5.08. The summed E-state index contributed by atoms with van der Waals surface area (Å²) in [5.41, 5.74) is 3.83. The summed E-state index contributed by atoms with van der Waals surface area (Å²) in [7, 11) is 0. The van der Waals surface area contributed by atoms with Gasteiger partial charge in [0.1, 0.15) is 0 Å². The second kappa shape index (κ2) is 7.12. The summed E-state index contributed by atoms with van der Waals surface area (Å²) in [6.07, 6.45) is -3.29. The number of anilines is 1. The van der Waals surface area contributed by atoms with E-state index in [0.29, 0.717) is 5.69 Å². The molecule has 136 valence electrons. The summed E-state index contributed by atoms with van der Waals surface area (Å²) in [6.45, 7) is 8.39. The van der Waals surface area contributed by atoms with Gasteiger partial charge >= 0.3 is 6.18 Å². The van der Waals surface area contributed by atoms with E-state index in [1.54, 1.807) is 6.07 Å². The molecular weight excluding hydrogens is 327 g/mol. The summed E-state index contributed by atoms with van der Waals surface area (Å²) >= 11 is 0. The molecule has 0 atom stereocenters. The van der Waals surface area contributed by atoms with E-state index in [2.05, 4.69) is 29.8 Å². The molecule has 0 aliphatic carbocycles. The first-order valence-electron chi connectivity index (χ1n) is 8.62. The molecule has 1 saturated heterocycles. The second-order valence-electron chi connectivity index (χ2n) is 6.73. The summed E-state index contributed by atoms with van der Waals surface area (Å²) in [5.74, 6) is 0. The van der Waals surface area contributed by atoms with Gasteiger partial charge in [0.05, 0.1) is 5.56 Å². The Balaban J connectivity index is 1.54. The zero-order chi connectivity index (χ0) is 18.0. The lowest BCUT2D eigenvalue weighted by Crippen LogP contribution is -2.47. The summed E-state index contributed by atoms with van der Waals surface area (Å²) in [6, 6.07) is 7.81. The summed E-state index contributed by atoms with van der Waals surface area (Å²) < 4.78 is 38.6. The molecule has 0 saturated carbocycles. The molecule has 0 spiro atoms. The molecule has 0 bridgehead atoms. The van der Waals surface area contributed by atoms with Gasteiger partial charge in [-0.05, 0) is 50.1 Å². The minimum absolute atomic E-state index is 0.578. The van der Waals surface area contributed by atoms with Crippen molar-refractivity contribution in [2.75, 3.05) is 37.6 Å². The number of H-pyrrole nitrogens is 1. The van der Waals surface area contributed by atoms with Gasteiger partial charge in [-0.3, -0.25) is 4.90 Å². The molecule has 0 unspecified atom stereocenters. The number of benzene rings is 1. The first-order chi connectivity index (χ1) is 11.8. The second-order valence-corrected chi connectivity index (χ2v) is 6.73. The lowest BCUT2D eigenvalue weighted by Gasteiger charge is -2.36. The quantitative estimate of drug-likeness (QED) is 0.899. The zero-order valence-electron chi connectivity index (χ0n) is 14.7. The van der Waals surface area contributed by atoms with E-state index in [-0.39, 0.29) is 0 Å². The molecular formula is C19H24F3N3. The molecule has 1 aromatic carbocycles. The predicted octanol–water partition coefficient (Wildman–Crippen LogP) is 4.02. The number of rotatable bonds is 4. The number of nitrogens with zero attached hydrogens (tertiary/aromatic N) is 2. The first kappa shape index (κ1) is 17.9. The van der Waals surface area contributed by atoms with Crippen molar-refractivity contribution < 1.29 is 13.2 Å². The summed E-state index contributed by atoms with van der Waals surface area (Å²) in [4.78, 5) is 7.74. The van der Waals surface area contributed by atoms with Gasteiger partial charge in [-0.15, -0.1) is 0 Å². The van der Waals surface area contributed by atoms with Crippen LogP contribution in [0.4, 0.5) is 18.9 Å². The van der Waals surface area contributed by atoms with Crippen LogP contribution < -0.4 is 4.90 Å². The van der Waals surface area contributed by atoms with Crippen molar-refractivity contribution in [3.05, 3.63) is 52.8 Å². The molecule has 3 rings (SSSR count).